The largest absolute Gasteiger partial charge is 0.497 e. The van der Waals surface area contributed by atoms with Crippen LogP contribution in [-0.2, 0) is 13.2 Å². The number of pyridine rings is 1. The molecule has 0 aliphatic rings. The Morgan fingerprint density at radius 1 is 1.19 bits per heavy atom. The molecule has 0 bridgehead atoms. The molecule has 0 fully saturated rings. The monoisotopic (exact) mass is 353 g/mol. The van der Waals surface area contributed by atoms with Crippen molar-refractivity contribution in [3.8, 4) is 11.5 Å². The summed E-state index contributed by atoms with van der Waals surface area (Å²) in [7, 11) is 1.59. The van der Waals surface area contributed by atoms with Crippen LogP contribution in [0, 0.1) is 6.92 Å². The maximum Gasteiger partial charge on any atom is 0.273 e. The van der Waals surface area contributed by atoms with Crippen LogP contribution >= 0.6 is 0 Å². The number of hydrogen-bond donors (Lipinski definition) is 1. The van der Waals surface area contributed by atoms with Gasteiger partial charge in [-0.1, -0.05) is 17.3 Å². The SMILES string of the molecule is COc1cccc(OCc2cc(C(=O)NCc3ncccc3C)no2)c1. The summed E-state index contributed by atoms with van der Waals surface area (Å²) in [4.78, 5) is 16.4. The lowest BCUT2D eigenvalue weighted by molar-refractivity contribution is 0.0941. The first-order valence-corrected chi connectivity index (χ1v) is 8.07. The fraction of sp³-hybridized carbons (Fsp3) is 0.211. The van der Waals surface area contributed by atoms with E-state index in [9.17, 15) is 4.79 Å². The summed E-state index contributed by atoms with van der Waals surface area (Å²) in [5, 5.41) is 6.56. The second kappa shape index (κ2) is 8.15. The zero-order valence-corrected chi connectivity index (χ0v) is 14.6. The Balaban J connectivity index is 1.55. The molecule has 7 heteroatoms. The highest BCUT2D eigenvalue weighted by molar-refractivity contribution is 5.92. The lowest BCUT2D eigenvalue weighted by Gasteiger charge is -2.05. The summed E-state index contributed by atoms with van der Waals surface area (Å²) in [5.74, 6) is 1.46. The fourth-order valence-corrected chi connectivity index (χ4v) is 2.29. The van der Waals surface area contributed by atoms with E-state index in [1.807, 2.05) is 37.3 Å². The Labute approximate surface area is 150 Å². The topological polar surface area (TPSA) is 86.5 Å². The molecule has 1 aromatic carbocycles. The summed E-state index contributed by atoms with van der Waals surface area (Å²) < 4.78 is 15.9. The van der Waals surface area contributed by atoms with Crippen LogP contribution in [0.3, 0.4) is 0 Å². The number of nitrogens with one attached hydrogen (secondary N) is 1. The minimum atomic E-state index is -0.327. The number of aromatic nitrogens is 2. The van der Waals surface area contributed by atoms with Crippen LogP contribution in [0.15, 0.2) is 53.2 Å². The lowest BCUT2D eigenvalue weighted by atomic mass is 10.2. The Hall–Kier alpha value is -3.35. The van der Waals surface area contributed by atoms with Crippen molar-refractivity contribution in [2.75, 3.05) is 7.11 Å². The van der Waals surface area contributed by atoms with Gasteiger partial charge in [0.25, 0.3) is 5.91 Å². The van der Waals surface area contributed by atoms with Crippen LogP contribution in [0.1, 0.15) is 27.5 Å². The first-order valence-electron chi connectivity index (χ1n) is 8.07. The molecule has 3 rings (SSSR count). The number of nitrogens with zero attached hydrogens (tertiary/aromatic N) is 2. The summed E-state index contributed by atoms with van der Waals surface area (Å²) in [6.45, 7) is 2.43. The van der Waals surface area contributed by atoms with E-state index >= 15 is 0 Å². The van der Waals surface area contributed by atoms with Crippen molar-refractivity contribution in [1.29, 1.82) is 0 Å². The van der Waals surface area contributed by atoms with Crippen molar-refractivity contribution in [3.63, 3.8) is 0 Å². The molecule has 1 N–H and O–H groups in total. The highest BCUT2D eigenvalue weighted by Crippen LogP contribution is 2.20. The first-order chi connectivity index (χ1) is 12.7. The predicted octanol–water partition coefficient (Wildman–Crippen LogP) is 2.90. The van der Waals surface area contributed by atoms with Gasteiger partial charge in [0.15, 0.2) is 11.5 Å². The number of carbonyl (C=O) groups excluding carboxylic acids is 1. The summed E-state index contributed by atoms with van der Waals surface area (Å²) in [6, 6.07) is 12.6. The van der Waals surface area contributed by atoms with Crippen molar-refractivity contribution in [2.45, 2.75) is 20.1 Å². The van der Waals surface area contributed by atoms with Gasteiger partial charge in [-0.25, -0.2) is 0 Å². The van der Waals surface area contributed by atoms with Crippen LogP contribution in [0.2, 0.25) is 0 Å². The molecular formula is C19H19N3O4. The minimum absolute atomic E-state index is 0.160. The number of hydrogen-bond acceptors (Lipinski definition) is 6. The van der Waals surface area contributed by atoms with Crippen LogP contribution in [-0.4, -0.2) is 23.2 Å². The van der Waals surface area contributed by atoms with Gasteiger partial charge in [-0.3, -0.25) is 9.78 Å². The maximum absolute atomic E-state index is 12.2. The molecule has 134 valence electrons. The van der Waals surface area contributed by atoms with Gasteiger partial charge in [0.05, 0.1) is 19.3 Å². The minimum Gasteiger partial charge on any atom is -0.497 e. The molecule has 0 atom stereocenters. The highest BCUT2D eigenvalue weighted by Gasteiger charge is 2.13. The third-order valence-electron chi connectivity index (χ3n) is 3.75. The lowest BCUT2D eigenvalue weighted by Crippen LogP contribution is -2.24. The number of amides is 1. The Kier molecular flexibility index (Phi) is 5.48. The van der Waals surface area contributed by atoms with Gasteiger partial charge in [-0.05, 0) is 30.7 Å². The standard InChI is InChI=1S/C19H19N3O4/c1-13-5-4-8-20-18(13)11-21-19(23)17-10-16(26-22-17)12-25-15-7-3-6-14(9-15)24-2/h3-10H,11-12H2,1-2H3,(H,21,23). The van der Waals surface area contributed by atoms with E-state index in [1.165, 1.54) is 0 Å². The Morgan fingerprint density at radius 3 is 2.85 bits per heavy atom. The van der Waals surface area contributed by atoms with Crippen molar-refractivity contribution >= 4 is 5.91 Å². The quantitative estimate of drug-likeness (QED) is 0.703. The molecule has 7 nitrogen and oxygen atoms in total. The first kappa shape index (κ1) is 17.5. The molecule has 0 saturated carbocycles. The van der Waals surface area contributed by atoms with Crippen molar-refractivity contribution in [3.05, 3.63) is 71.4 Å². The van der Waals surface area contributed by atoms with Crippen LogP contribution < -0.4 is 14.8 Å². The number of benzene rings is 1. The summed E-state index contributed by atoms with van der Waals surface area (Å²) in [5.41, 5.74) is 2.02. The zero-order chi connectivity index (χ0) is 18.4. The van der Waals surface area contributed by atoms with E-state index in [4.69, 9.17) is 14.0 Å². The van der Waals surface area contributed by atoms with Gasteiger partial charge < -0.3 is 19.3 Å². The average Bonchev–Trinajstić information content (AvgIpc) is 3.15. The number of methoxy groups -OCH3 is 1. The summed E-state index contributed by atoms with van der Waals surface area (Å²) >= 11 is 0. The fourth-order valence-electron chi connectivity index (χ4n) is 2.29. The molecule has 0 saturated heterocycles. The normalized spacial score (nSPS) is 10.4. The maximum atomic E-state index is 12.2. The van der Waals surface area contributed by atoms with Crippen molar-refractivity contribution < 1.29 is 18.8 Å². The number of carbonyl (C=O) groups is 1. The second-order valence-corrected chi connectivity index (χ2v) is 5.60. The Morgan fingerprint density at radius 2 is 2.04 bits per heavy atom. The van der Waals surface area contributed by atoms with E-state index in [0.717, 1.165) is 11.3 Å². The van der Waals surface area contributed by atoms with Crippen molar-refractivity contribution in [2.24, 2.45) is 0 Å². The molecule has 0 aliphatic heterocycles. The van der Waals surface area contributed by atoms with Crippen molar-refractivity contribution in [1.82, 2.24) is 15.5 Å². The number of aryl methyl sites for hydroxylation is 1. The molecule has 2 heterocycles. The van der Waals surface area contributed by atoms with E-state index < -0.39 is 0 Å². The molecule has 3 aromatic rings. The molecule has 0 spiro atoms. The second-order valence-electron chi connectivity index (χ2n) is 5.60. The zero-order valence-electron chi connectivity index (χ0n) is 14.6. The third kappa shape index (κ3) is 4.38. The molecule has 0 radical (unpaired) electrons. The van der Waals surface area contributed by atoms with Gasteiger partial charge in [-0.15, -0.1) is 0 Å². The molecule has 0 unspecified atom stereocenters. The van der Waals surface area contributed by atoms with Crippen LogP contribution in [0.5, 0.6) is 11.5 Å². The summed E-state index contributed by atoms with van der Waals surface area (Å²) in [6.07, 6.45) is 1.69. The molecular weight excluding hydrogens is 334 g/mol. The average molecular weight is 353 g/mol. The smallest absolute Gasteiger partial charge is 0.273 e. The van der Waals surface area contributed by atoms with E-state index in [1.54, 1.807) is 25.4 Å². The van der Waals surface area contributed by atoms with E-state index in [2.05, 4.69) is 15.5 Å². The molecule has 1 amide bonds. The number of rotatable bonds is 7. The van der Waals surface area contributed by atoms with Gasteiger partial charge in [-0.2, -0.15) is 0 Å². The molecule has 26 heavy (non-hydrogen) atoms. The molecule has 2 aromatic heterocycles. The van der Waals surface area contributed by atoms with Crippen LogP contribution in [0.25, 0.3) is 0 Å². The van der Waals surface area contributed by atoms with Gasteiger partial charge >= 0.3 is 0 Å². The van der Waals surface area contributed by atoms with Gasteiger partial charge in [0, 0.05) is 18.3 Å². The number of ether oxygens (including phenoxy) is 2. The third-order valence-corrected chi connectivity index (χ3v) is 3.75. The Bertz CT molecular complexity index is 892. The van der Waals surface area contributed by atoms with Gasteiger partial charge in [0.2, 0.25) is 0 Å². The van der Waals surface area contributed by atoms with Crippen LogP contribution in [0.4, 0.5) is 0 Å². The highest BCUT2D eigenvalue weighted by atomic mass is 16.5. The van der Waals surface area contributed by atoms with E-state index in [-0.39, 0.29) is 18.2 Å². The van der Waals surface area contributed by atoms with E-state index in [0.29, 0.717) is 23.8 Å². The predicted molar refractivity (Wildman–Crippen MR) is 94.0 cm³/mol. The molecule has 0 aliphatic carbocycles. The van der Waals surface area contributed by atoms with Gasteiger partial charge in [0.1, 0.15) is 18.1 Å².